The van der Waals surface area contributed by atoms with E-state index in [1.165, 1.54) is 38.2 Å². The van der Waals surface area contributed by atoms with Crippen molar-refractivity contribution in [3.63, 3.8) is 0 Å². The molecule has 0 saturated carbocycles. The minimum absolute atomic E-state index is 0.311. The number of rotatable bonds is 4. The Labute approximate surface area is 89.3 Å². The maximum Gasteiger partial charge on any atom is 0.331 e. The molecule has 1 N–H and O–H groups in total. The van der Waals surface area contributed by atoms with Gasteiger partial charge in [-0.05, 0) is 18.6 Å². The summed E-state index contributed by atoms with van der Waals surface area (Å²) >= 11 is 2.02. The van der Waals surface area contributed by atoms with Gasteiger partial charge in [-0.1, -0.05) is 6.42 Å². The molecule has 0 radical (unpaired) electrons. The van der Waals surface area contributed by atoms with Crippen molar-refractivity contribution in [2.75, 3.05) is 19.4 Å². The maximum atomic E-state index is 10.7. The van der Waals surface area contributed by atoms with Crippen molar-refractivity contribution < 1.29 is 9.53 Å². The van der Waals surface area contributed by atoms with Crippen LogP contribution in [0.2, 0.25) is 0 Å². The summed E-state index contributed by atoms with van der Waals surface area (Å²) in [7, 11) is 1.38. The van der Waals surface area contributed by atoms with Gasteiger partial charge in [0, 0.05) is 24.1 Å². The number of carbonyl (C=O) groups excluding carboxylic acids is 1. The summed E-state index contributed by atoms with van der Waals surface area (Å²) in [6, 6.07) is 0. The summed E-state index contributed by atoms with van der Waals surface area (Å²) < 4.78 is 4.47. The van der Waals surface area contributed by atoms with Gasteiger partial charge in [-0.3, -0.25) is 0 Å². The third-order valence-electron chi connectivity index (χ3n) is 2.16. The van der Waals surface area contributed by atoms with Crippen LogP contribution in [0.4, 0.5) is 0 Å². The van der Waals surface area contributed by atoms with E-state index in [4.69, 9.17) is 0 Å². The fourth-order valence-electron chi connectivity index (χ4n) is 1.36. The summed E-state index contributed by atoms with van der Waals surface area (Å²) in [6.45, 7) is 0.943. The van der Waals surface area contributed by atoms with Crippen LogP contribution in [-0.4, -0.2) is 30.6 Å². The smallest absolute Gasteiger partial charge is 0.331 e. The van der Waals surface area contributed by atoms with Gasteiger partial charge in [-0.25, -0.2) is 4.79 Å². The molecule has 1 unspecified atom stereocenters. The predicted molar refractivity (Wildman–Crippen MR) is 59.3 cm³/mol. The van der Waals surface area contributed by atoms with E-state index in [1.54, 1.807) is 6.20 Å². The zero-order valence-corrected chi connectivity index (χ0v) is 9.31. The molecule has 0 aliphatic carbocycles. The standard InChI is InChI=1S/C10H17NO2S/c1-13-10(12)5-6-11-8-9-4-2-3-7-14-9/h5-6,9,11H,2-4,7-8H2,1H3. The van der Waals surface area contributed by atoms with E-state index in [0.717, 1.165) is 6.54 Å². The van der Waals surface area contributed by atoms with Crippen molar-refractivity contribution in [3.8, 4) is 0 Å². The van der Waals surface area contributed by atoms with E-state index in [1.807, 2.05) is 11.8 Å². The highest BCUT2D eigenvalue weighted by atomic mass is 32.2. The molecule has 0 amide bonds. The molecule has 1 saturated heterocycles. The minimum atomic E-state index is -0.311. The topological polar surface area (TPSA) is 38.3 Å². The zero-order valence-electron chi connectivity index (χ0n) is 8.49. The van der Waals surface area contributed by atoms with Crippen LogP contribution in [-0.2, 0) is 9.53 Å². The Balaban J connectivity index is 2.07. The van der Waals surface area contributed by atoms with Crippen LogP contribution >= 0.6 is 11.8 Å². The molecule has 0 bridgehead atoms. The van der Waals surface area contributed by atoms with Crippen molar-refractivity contribution in [3.05, 3.63) is 12.3 Å². The first-order chi connectivity index (χ1) is 6.83. The van der Waals surface area contributed by atoms with Crippen molar-refractivity contribution in [2.45, 2.75) is 24.5 Å². The summed E-state index contributed by atoms with van der Waals surface area (Å²) in [4.78, 5) is 10.7. The Kier molecular flexibility index (Phi) is 5.52. The number of carbonyl (C=O) groups is 1. The lowest BCUT2D eigenvalue weighted by atomic mass is 10.2. The second kappa shape index (κ2) is 6.76. The lowest BCUT2D eigenvalue weighted by Gasteiger charge is -2.20. The molecule has 1 atom stereocenters. The van der Waals surface area contributed by atoms with E-state index in [9.17, 15) is 4.79 Å². The first kappa shape index (κ1) is 11.4. The van der Waals surface area contributed by atoms with E-state index in [-0.39, 0.29) is 5.97 Å². The number of hydrogen-bond donors (Lipinski definition) is 1. The second-order valence-corrected chi connectivity index (χ2v) is 4.66. The first-order valence-corrected chi connectivity index (χ1v) is 5.97. The Bertz CT molecular complexity index is 200. The van der Waals surface area contributed by atoms with Crippen LogP contribution in [0, 0.1) is 0 Å². The van der Waals surface area contributed by atoms with Crippen molar-refractivity contribution in [1.82, 2.24) is 5.32 Å². The molecule has 1 fully saturated rings. The number of esters is 1. The molecule has 14 heavy (non-hydrogen) atoms. The average Bonchev–Trinajstić information content (AvgIpc) is 2.25. The fourth-order valence-corrected chi connectivity index (χ4v) is 2.61. The van der Waals surface area contributed by atoms with Crippen LogP contribution in [0.5, 0.6) is 0 Å². The van der Waals surface area contributed by atoms with E-state index < -0.39 is 0 Å². The Hall–Kier alpha value is -0.640. The number of ether oxygens (including phenoxy) is 1. The Morgan fingerprint density at radius 3 is 3.14 bits per heavy atom. The average molecular weight is 215 g/mol. The van der Waals surface area contributed by atoms with Gasteiger partial charge in [0.2, 0.25) is 0 Å². The molecule has 0 aromatic carbocycles. The Morgan fingerprint density at radius 2 is 2.50 bits per heavy atom. The lowest BCUT2D eigenvalue weighted by Crippen LogP contribution is -2.23. The molecule has 1 heterocycles. The molecule has 4 heteroatoms. The summed E-state index contributed by atoms with van der Waals surface area (Å²) in [5, 5.41) is 3.82. The number of nitrogens with one attached hydrogen (secondary N) is 1. The van der Waals surface area contributed by atoms with Crippen LogP contribution in [0.3, 0.4) is 0 Å². The van der Waals surface area contributed by atoms with Gasteiger partial charge in [0.05, 0.1) is 7.11 Å². The number of thioether (sulfide) groups is 1. The van der Waals surface area contributed by atoms with Crippen molar-refractivity contribution in [2.24, 2.45) is 0 Å². The molecule has 0 aromatic rings. The Morgan fingerprint density at radius 1 is 1.64 bits per heavy atom. The van der Waals surface area contributed by atoms with Crippen LogP contribution in [0.25, 0.3) is 0 Å². The lowest BCUT2D eigenvalue weighted by molar-refractivity contribution is -0.134. The molecule has 1 aliphatic heterocycles. The largest absolute Gasteiger partial charge is 0.466 e. The summed E-state index contributed by atoms with van der Waals surface area (Å²) in [5.74, 6) is 0.960. The van der Waals surface area contributed by atoms with Gasteiger partial charge in [0.25, 0.3) is 0 Å². The highest BCUT2D eigenvalue weighted by molar-refractivity contribution is 7.99. The monoisotopic (exact) mass is 215 g/mol. The fraction of sp³-hybridized carbons (Fsp3) is 0.700. The quantitative estimate of drug-likeness (QED) is 0.570. The number of hydrogen-bond acceptors (Lipinski definition) is 4. The van der Waals surface area contributed by atoms with E-state index in [0.29, 0.717) is 5.25 Å². The molecular weight excluding hydrogens is 198 g/mol. The molecule has 3 nitrogen and oxygen atoms in total. The molecule has 1 aliphatic rings. The molecule has 0 aromatic heterocycles. The van der Waals surface area contributed by atoms with Crippen LogP contribution < -0.4 is 5.32 Å². The zero-order chi connectivity index (χ0) is 10.2. The highest BCUT2D eigenvalue weighted by Gasteiger charge is 2.12. The summed E-state index contributed by atoms with van der Waals surface area (Å²) in [5.41, 5.74) is 0. The van der Waals surface area contributed by atoms with Gasteiger partial charge >= 0.3 is 5.97 Å². The van der Waals surface area contributed by atoms with Crippen molar-refractivity contribution >= 4 is 17.7 Å². The molecule has 1 rings (SSSR count). The normalized spacial score (nSPS) is 22.2. The second-order valence-electron chi connectivity index (χ2n) is 3.25. The first-order valence-electron chi connectivity index (χ1n) is 4.92. The molecule has 0 spiro atoms. The minimum Gasteiger partial charge on any atom is -0.466 e. The van der Waals surface area contributed by atoms with Gasteiger partial charge in [0.15, 0.2) is 0 Å². The van der Waals surface area contributed by atoms with Gasteiger partial charge < -0.3 is 10.1 Å². The third kappa shape index (κ3) is 4.56. The molecule has 80 valence electrons. The van der Waals surface area contributed by atoms with E-state index >= 15 is 0 Å². The SMILES string of the molecule is COC(=O)C=CNCC1CCCCS1. The van der Waals surface area contributed by atoms with Gasteiger partial charge in [-0.15, -0.1) is 0 Å². The van der Waals surface area contributed by atoms with Crippen molar-refractivity contribution in [1.29, 1.82) is 0 Å². The van der Waals surface area contributed by atoms with Gasteiger partial charge in [0.1, 0.15) is 0 Å². The van der Waals surface area contributed by atoms with Crippen LogP contribution in [0.1, 0.15) is 19.3 Å². The highest BCUT2D eigenvalue weighted by Crippen LogP contribution is 2.24. The van der Waals surface area contributed by atoms with Gasteiger partial charge in [-0.2, -0.15) is 11.8 Å². The van der Waals surface area contributed by atoms with Crippen LogP contribution in [0.15, 0.2) is 12.3 Å². The van der Waals surface area contributed by atoms with E-state index in [2.05, 4.69) is 10.1 Å². The third-order valence-corrected chi connectivity index (χ3v) is 3.56. The molecular formula is C10H17NO2S. The predicted octanol–water partition coefficient (Wildman–Crippen LogP) is 1.55. The maximum absolute atomic E-state index is 10.7. The number of methoxy groups -OCH3 is 1. The summed E-state index contributed by atoms with van der Waals surface area (Å²) in [6.07, 6.45) is 7.04.